The van der Waals surface area contributed by atoms with Crippen molar-refractivity contribution in [3.8, 4) is 0 Å². The van der Waals surface area contributed by atoms with Crippen molar-refractivity contribution < 1.29 is 21.6 Å². The zero-order chi connectivity index (χ0) is 15.0. The Kier molecular flexibility index (Phi) is 4.46. The number of sulfonamides is 1. The first-order chi connectivity index (χ1) is 9.20. The van der Waals surface area contributed by atoms with Crippen molar-refractivity contribution in [3.05, 3.63) is 28.2 Å². The lowest BCUT2D eigenvalue weighted by Crippen LogP contribution is -2.32. The summed E-state index contributed by atoms with van der Waals surface area (Å²) in [6, 6.07) is 2.74. The van der Waals surface area contributed by atoms with Gasteiger partial charge in [0.1, 0.15) is 0 Å². The summed E-state index contributed by atoms with van der Waals surface area (Å²) in [6.45, 7) is 0. The summed E-state index contributed by atoms with van der Waals surface area (Å²) in [5.74, 6) is 0. The normalized spacial score (nSPS) is 17.6. The van der Waals surface area contributed by atoms with Gasteiger partial charge in [0.15, 0.2) is 0 Å². The largest absolute Gasteiger partial charge is 0.417 e. The second-order valence-electron chi connectivity index (χ2n) is 4.74. The maximum atomic E-state index is 12.8. The first-order valence-electron chi connectivity index (χ1n) is 6.09. The molecule has 1 aromatic carbocycles. The molecule has 0 saturated heterocycles. The summed E-state index contributed by atoms with van der Waals surface area (Å²) in [4.78, 5) is -0.361. The summed E-state index contributed by atoms with van der Waals surface area (Å²) < 4.78 is 64.8. The fraction of sp³-hybridized carbons (Fsp3) is 0.500. The summed E-state index contributed by atoms with van der Waals surface area (Å²) in [7, 11) is -3.91. The lowest BCUT2D eigenvalue weighted by Gasteiger charge is -2.15. The van der Waals surface area contributed by atoms with Crippen molar-refractivity contribution in [1.29, 1.82) is 0 Å². The minimum absolute atomic E-state index is 0.176. The standard InChI is InChI=1S/C12H13BrF3NO2S/c13-11-6-5-9(7-10(11)12(14,15)16)20(18,19)17-8-3-1-2-4-8/h5-8,17H,1-4H2. The molecule has 0 aliphatic heterocycles. The molecular formula is C12H13BrF3NO2S. The van der Waals surface area contributed by atoms with Crippen LogP contribution in [0.2, 0.25) is 0 Å². The van der Waals surface area contributed by atoms with Crippen LogP contribution in [-0.4, -0.2) is 14.5 Å². The van der Waals surface area contributed by atoms with Gasteiger partial charge in [0, 0.05) is 10.5 Å². The van der Waals surface area contributed by atoms with E-state index in [1.165, 1.54) is 0 Å². The van der Waals surface area contributed by atoms with Gasteiger partial charge in [-0.25, -0.2) is 13.1 Å². The molecule has 0 unspecified atom stereocenters. The van der Waals surface area contributed by atoms with E-state index in [9.17, 15) is 21.6 Å². The molecule has 2 rings (SSSR count). The van der Waals surface area contributed by atoms with E-state index in [4.69, 9.17) is 0 Å². The highest BCUT2D eigenvalue weighted by Crippen LogP contribution is 2.36. The van der Waals surface area contributed by atoms with E-state index in [-0.39, 0.29) is 15.4 Å². The highest BCUT2D eigenvalue weighted by atomic mass is 79.9. The number of hydrogen-bond acceptors (Lipinski definition) is 2. The summed E-state index contributed by atoms with van der Waals surface area (Å²) in [5, 5.41) is 0. The predicted octanol–water partition coefficient (Wildman–Crippen LogP) is 3.69. The van der Waals surface area contributed by atoms with Crippen molar-refractivity contribution in [2.24, 2.45) is 0 Å². The number of halogens is 4. The van der Waals surface area contributed by atoms with Gasteiger partial charge in [-0.05, 0) is 31.0 Å². The Hall–Kier alpha value is -0.600. The van der Waals surface area contributed by atoms with Crippen LogP contribution in [0.25, 0.3) is 0 Å². The third-order valence-electron chi connectivity index (χ3n) is 3.23. The van der Waals surface area contributed by atoms with Crippen LogP contribution in [-0.2, 0) is 16.2 Å². The van der Waals surface area contributed by atoms with Crippen LogP contribution >= 0.6 is 15.9 Å². The molecule has 8 heteroatoms. The quantitative estimate of drug-likeness (QED) is 0.880. The topological polar surface area (TPSA) is 46.2 Å². The molecule has 0 radical (unpaired) electrons. The summed E-state index contributed by atoms with van der Waals surface area (Å²) in [5.41, 5.74) is -0.994. The number of nitrogens with one attached hydrogen (secondary N) is 1. The van der Waals surface area contributed by atoms with Gasteiger partial charge in [0.05, 0.1) is 10.5 Å². The average molecular weight is 372 g/mol. The molecule has 1 fully saturated rings. The SMILES string of the molecule is O=S(=O)(NC1CCCC1)c1ccc(Br)c(C(F)(F)F)c1. The Bertz CT molecular complexity index is 595. The third-order valence-corrected chi connectivity index (χ3v) is 5.44. The molecule has 0 heterocycles. The molecule has 1 aromatic rings. The van der Waals surface area contributed by atoms with E-state index in [0.717, 1.165) is 37.8 Å². The molecule has 112 valence electrons. The molecule has 0 spiro atoms. The van der Waals surface area contributed by atoms with Gasteiger partial charge in [-0.1, -0.05) is 28.8 Å². The first-order valence-corrected chi connectivity index (χ1v) is 8.37. The number of alkyl halides is 3. The fourth-order valence-electron chi connectivity index (χ4n) is 2.22. The van der Waals surface area contributed by atoms with Gasteiger partial charge in [0.25, 0.3) is 0 Å². The highest BCUT2D eigenvalue weighted by Gasteiger charge is 2.34. The lowest BCUT2D eigenvalue weighted by atomic mass is 10.2. The molecule has 1 aliphatic rings. The molecule has 20 heavy (non-hydrogen) atoms. The van der Waals surface area contributed by atoms with Crippen LogP contribution < -0.4 is 4.72 Å². The molecule has 0 amide bonds. The molecular weight excluding hydrogens is 359 g/mol. The van der Waals surface area contributed by atoms with Gasteiger partial charge in [-0.15, -0.1) is 0 Å². The van der Waals surface area contributed by atoms with Gasteiger partial charge < -0.3 is 0 Å². The molecule has 0 atom stereocenters. The Morgan fingerprint density at radius 1 is 1.20 bits per heavy atom. The molecule has 1 saturated carbocycles. The number of rotatable bonds is 3. The van der Waals surface area contributed by atoms with E-state index in [1.807, 2.05) is 0 Å². The number of hydrogen-bond donors (Lipinski definition) is 1. The monoisotopic (exact) mass is 371 g/mol. The first kappa shape index (κ1) is 15.8. The van der Waals surface area contributed by atoms with E-state index in [1.54, 1.807) is 0 Å². The van der Waals surface area contributed by atoms with Crippen LogP contribution in [0.4, 0.5) is 13.2 Å². The average Bonchev–Trinajstić information content (AvgIpc) is 2.79. The van der Waals surface area contributed by atoms with Crippen molar-refractivity contribution in [2.45, 2.75) is 42.8 Å². The van der Waals surface area contributed by atoms with E-state index < -0.39 is 21.8 Å². The lowest BCUT2D eigenvalue weighted by molar-refractivity contribution is -0.138. The maximum absolute atomic E-state index is 12.8. The smallest absolute Gasteiger partial charge is 0.208 e. The van der Waals surface area contributed by atoms with Crippen LogP contribution in [0.3, 0.4) is 0 Å². The van der Waals surface area contributed by atoms with Crippen LogP contribution in [0.1, 0.15) is 31.2 Å². The second kappa shape index (κ2) is 5.65. The van der Waals surface area contributed by atoms with Gasteiger partial charge in [-0.3, -0.25) is 0 Å². The van der Waals surface area contributed by atoms with Crippen LogP contribution in [0, 0.1) is 0 Å². The van der Waals surface area contributed by atoms with E-state index in [0.29, 0.717) is 6.07 Å². The number of benzene rings is 1. The van der Waals surface area contributed by atoms with Crippen molar-refractivity contribution >= 4 is 26.0 Å². The van der Waals surface area contributed by atoms with Crippen molar-refractivity contribution in [3.63, 3.8) is 0 Å². The Balaban J connectivity index is 2.32. The predicted molar refractivity (Wildman–Crippen MR) is 71.7 cm³/mol. The van der Waals surface area contributed by atoms with Gasteiger partial charge >= 0.3 is 6.18 Å². The maximum Gasteiger partial charge on any atom is 0.417 e. The summed E-state index contributed by atoms with van der Waals surface area (Å²) >= 11 is 2.79. The minimum Gasteiger partial charge on any atom is -0.208 e. The van der Waals surface area contributed by atoms with E-state index >= 15 is 0 Å². The Morgan fingerprint density at radius 3 is 2.35 bits per heavy atom. The molecule has 1 N–H and O–H groups in total. The van der Waals surface area contributed by atoms with Crippen molar-refractivity contribution in [2.75, 3.05) is 0 Å². The summed E-state index contributed by atoms with van der Waals surface area (Å²) in [6.07, 6.45) is -1.29. The molecule has 0 bridgehead atoms. The van der Waals surface area contributed by atoms with E-state index in [2.05, 4.69) is 20.7 Å². The van der Waals surface area contributed by atoms with Crippen LogP contribution in [0.5, 0.6) is 0 Å². The minimum atomic E-state index is -4.60. The zero-order valence-electron chi connectivity index (χ0n) is 10.4. The zero-order valence-corrected chi connectivity index (χ0v) is 12.8. The molecule has 1 aliphatic carbocycles. The van der Waals surface area contributed by atoms with Crippen molar-refractivity contribution in [1.82, 2.24) is 4.72 Å². The van der Waals surface area contributed by atoms with Gasteiger partial charge in [-0.2, -0.15) is 13.2 Å². The fourth-order valence-corrected chi connectivity index (χ4v) is 4.02. The third kappa shape index (κ3) is 3.53. The molecule has 3 nitrogen and oxygen atoms in total. The highest BCUT2D eigenvalue weighted by molar-refractivity contribution is 9.10. The van der Waals surface area contributed by atoms with Crippen LogP contribution in [0.15, 0.2) is 27.6 Å². The Morgan fingerprint density at radius 2 is 1.80 bits per heavy atom. The molecule has 0 aromatic heterocycles. The second-order valence-corrected chi connectivity index (χ2v) is 7.31. The Labute approximate surface area is 123 Å². The van der Waals surface area contributed by atoms with Gasteiger partial charge in [0.2, 0.25) is 10.0 Å².